The van der Waals surface area contributed by atoms with E-state index in [0.717, 1.165) is 0 Å². The fraction of sp³-hybridized carbons (Fsp3) is 0. The smallest absolute Gasteiger partial charge is 0.185 e. The molecule has 1 aromatic heterocycles. The number of carbonyl (C=O) groups is 1. The average Bonchev–Trinajstić information content (AvgIpc) is 3.04. The summed E-state index contributed by atoms with van der Waals surface area (Å²) >= 11 is 12.2. The third kappa shape index (κ3) is 3.55. The molecule has 3 rings (SSSR count). The maximum Gasteiger partial charge on any atom is 0.185 e. The van der Waals surface area contributed by atoms with Crippen molar-refractivity contribution in [1.29, 1.82) is 0 Å². The number of hydrogen-bond acceptors (Lipinski definition) is 2. The Bertz CT molecular complexity index is 864. The van der Waals surface area contributed by atoms with Crippen LogP contribution in [0.5, 0.6) is 0 Å². The largest absolute Gasteiger partial charge is 0.457 e. The molecule has 4 heteroatoms. The Kier molecular flexibility index (Phi) is 4.65. The SMILES string of the molecule is O=C(C=Cc1ccc(-c2cccc(Cl)c2Cl)o1)c1ccccc1. The zero-order chi connectivity index (χ0) is 16.2. The van der Waals surface area contributed by atoms with E-state index in [0.29, 0.717) is 32.7 Å². The van der Waals surface area contributed by atoms with Crippen molar-refractivity contribution in [3.05, 3.63) is 88.1 Å². The zero-order valence-electron chi connectivity index (χ0n) is 12.0. The zero-order valence-corrected chi connectivity index (χ0v) is 13.5. The molecule has 0 aliphatic heterocycles. The number of halogens is 2. The molecular weight excluding hydrogens is 331 g/mol. The molecule has 23 heavy (non-hydrogen) atoms. The minimum absolute atomic E-state index is 0.0793. The van der Waals surface area contributed by atoms with Gasteiger partial charge in [0, 0.05) is 11.1 Å². The van der Waals surface area contributed by atoms with Crippen LogP contribution in [-0.2, 0) is 0 Å². The fourth-order valence-corrected chi connectivity index (χ4v) is 2.53. The van der Waals surface area contributed by atoms with Crippen molar-refractivity contribution in [2.24, 2.45) is 0 Å². The van der Waals surface area contributed by atoms with E-state index in [9.17, 15) is 4.79 Å². The predicted octanol–water partition coefficient (Wildman–Crippen LogP) is 6.15. The normalized spacial score (nSPS) is 11.0. The summed E-state index contributed by atoms with van der Waals surface area (Å²) in [6, 6.07) is 18.0. The first-order valence-corrected chi connectivity index (χ1v) is 7.72. The van der Waals surface area contributed by atoms with Gasteiger partial charge in [0.15, 0.2) is 5.78 Å². The van der Waals surface area contributed by atoms with Crippen LogP contribution in [0.1, 0.15) is 16.1 Å². The van der Waals surface area contributed by atoms with Gasteiger partial charge >= 0.3 is 0 Å². The van der Waals surface area contributed by atoms with E-state index in [-0.39, 0.29) is 5.78 Å². The Labute approximate surface area is 144 Å². The molecule has 0 N–H and O–H groups in total. The molecule has 3 aromatic rings. The second-order valence-corrected chi connectivity index (χ2v) is 5.65. The molecule has 0 amide bonds. The summed E-state index contributed by atoms with van der Waals surface area (Å²) in [6.07, 6.45) is 3.12. The molecule has 0 fully saturated rings. The summed E-state index contributed by atoms with van der Waals surface area (Å²) in [6.45, 7) is 0. The Balaban J connectivity index is 1.81. The molecule has 0 radical (unpaired) electrons. The van der Waals surface area contributed by atoms with Crippen molar-refractivity contribution in [2.45, 2.75) is 0 Å². The first-order chi connectivity index (χ1) is 11.1. The van der Waals surface area contributed by atoms with Gasteiger partial charge in [-0.2, -0.15) is 0 Å². The van der Waals surface area contributed by atoms with Gasteiger partial charge in [-0.05, 0) is 36.4 Å². The van der Waals surface area contributed by atoms with Gasteiger partial charge in [-0.15, -0.1) is 0 Å². The number of benzene rings is 2. The maximum atomic E-state index is 12.0. The van der Waals surface area contributed by atoms with Gasteiger partial charge in [-0.25, -0.2) is 0 Å². The molecule has 2 nitrogen and oxygen atoms in total. The third-order valence-corrected chi connectivity index (χ3v) is 4.12. The van der Waals surface area contributed by atoms with Crippen LogP contribution in [0.15, 0.2) is 71.2 Å². The summed E-state index contributed by atoms with van der Waals surface area (Å²) in [5.74, 6) is 1.09. The summed E-state index contributed by atoms with van der Waals surface area (Å²) < 4.78 is 5.71. The summed E-state index contributed by atoms with van der Waals surface area (Å²) in [4.78, 5) is 12.0. The molecule has 0 unspecified atom stereocenters. The highest BCUT2D eigenvalue weighted by Gasteiger charge is 2.10. The number of carbonyl (C=O) groups excluding carboxylic acids is 1. The number of rotatable bonds is 4. The molecular formula is C19H12Cl2O2. The van der Waals surface area contributed by atoms with Crippen LogP contribution in [-0.4, -0.2) is 5.78 Å². The molecule has 0 saturated carbocycles. The van der Waals surface area contributed by atoms with Gasteiger partial charge in [0.25, 0.3) is 0 Å². The quantitative estimate of drug-likeness (QED) is 0.420. The minimum Gasteiger partial charge on any atom is -0.457 e. The van der Waals surface area contributed by atoms with E-state index in [1.807, 2.05) is 24.3 Å². The van der Waals surface area contributed by atoms with Gasteiger partial charge in [0.05, 0.1) is 10.0 Å². The van der Waals surface area contributed by atoms with Crippen LogP contribution >= 0.6 is 23.2 Å². The summed E-state index contributed by atoms with van der Waals surface area (Å²) in [7, 11) is 0. The topological polar surface area (TPSA) is 30.2 Å². The Morgan fingerprint density at radius 3 is 2.48 bits per heavy atom. The molecule has 0 aliphatic rings. The number of hydrogen-bond donors (Lipinski definition) is 0. The molecule has 0 spiro atoms. The lowest BCUT2D eigenvalue weighted by Crippen LogP contribution is -1.92. The molecule has 1 heterocycles. The summed E-state index contributed by atoms with van der Waals surface area (Å²) in [5.41, 5.74) is 1.35. The second-order valence-electron chi connectivity index (χ2n) is 4.87. The molecule has 0 saturated heterocycles. The molecule has 114 valence electrons. The van der Waals surface area contributed by atoms with E-state index >= 15 is 0 Å². The van der Waals surface area contributed by atoms with Crippen molar-refractivity contribution >= 4 is 35.1 Å². The Hall–Kier alpha value is -2.29. The van der Waals surface area contributed by atoms with E-state index in [1.165, 1.54) is 6.08 Å². The fourth-order valence-electron chi connectivity index (χ4n) is 2.14. The minimum atomic E-state index is -0.0793. The third-order valence-electron chi connectivity index (χ3n) is 3.30. The number of ketones is 1. The maximum absolute atomic E-state index is 12.0. The second kappa shape index (κ2) is 6.86. The molecule has 2 aromatic carbocycles. The van der Waals surface area contributed by atoms with E-state index in [1.54, 1.807) is 42.5 Å². The van der Waals surface area contributed by atoms with Crippen molar-refractivity contribution in [3.63, 3.8) is 0 Å². The standard InChI is InChI=1S/C19H12Cl2O2/c20-16-8-4-7-15(19(16)21)18-12-10-14(23-18)9-11-17(22)13-5-2-1-3-6-13/h1-12H. The van der Waals surface area contributed by atoms with Crippen LogP contribution in [0.2, 0.25) is 10.0 Å². The predicted molar refractivity (Wildman–Crippen MR) is 94.0 cm³/mol. The molecule has 0 aliphatic carbocycles. The van der Waals surface area contributed by atoms with Crippen molar-refractivity contribution in [2.75, 3.05) is 0 Å². The highest BCUT2D eigenvalue weighted by molar-refractivity contribution is 6.43. The van der Waals surface area contributed by atoms with Gasteiger partial charge in [-0.3, -0.25) is 4.79 Å². The lowest BCUT2D eigenvalue weighted by atomic mass is 10.1. The average molecular weight is 343 g/mol. The highest BCUT2D eigenvalue weighted by Crippen LogP contribution is 2.34. The van der Waals surface area contributed by atoms with Crippen molar-refractivity contribution < 1.29 is 9.21 Å². The van der Waals surface area contributed by atoms with Crippen LogP contribution in [0.4, 0.5) is 0 Å². The van der Waals surface area contributed by atoms with Gasteiger partial charge in [0.2, 0.25) is 0 Å². The molecule has 0 atom stereocenters. The van der Waals surface area contributed by atoms with E-state index in [2.05, 4.69) is 0 Å². The van der Waals surface area contributed by atoms with Crippen LogP contribution in [0.25, 0.3) is 17.4 Å². The van der Waals surface area contributed by atoms with E-state index in [4.69, 9.17) is 27.6 Å². The first-order valence-electron chi connectivity index (χ1n) is 6.97. The van der Waals surface area contributed by atoms with Gasteiger partial charge in [0.1, 0.15) is 11.5 Å². The first kappa shape index (κ1) is 15.6. The van der Waals surface area contributed by atoms with Crippen LogP contribution in [0.3, 0.4) is 0 Å². The Morgan fingerprint density at radius 2 is 1.70 bits per heavy atom. The molecule has 0 bridgehead atoms. The Morgan fingerprint density at radius 1 is 0.913 bits per heavy atom. The summed E-state index contributed by atoms with van der Waals surface area (Å²) in [5, 5.41) is 0.913. The van der Waals surface area contributed by atoms with Gasteiger partial charge in [-0.1, -0.05) is 59.6 Å². The monoisotopic (exact) mass is 342 g/mol. The number of furan rings is 1. The van der Waals surface area contributed by atoms with E-state index < -0.39 is 0 Å². The number of allylic oxidation sites excluding steroid dienone is 1. The lowest BCUT2D eigenvalue weighted by molar-refractivity contribution is 0.104. The van der Waals surface area contributed by atoms with Crippen LogP contribution < -0.4 is 0 Å². The highest BCUT2D eigenvalue weighted by atomic mass is 35.5. The lowest BCUT2D eigenvalue weighted by Gasteiger charge is -2.01. The van der Waals surface area contributed by atoms with Crippen molar-refractivity contribution in [3.8, 4) is 11.3 Å². The van der Waals surface area contributed by atoms with Gasteiger partial charge < -0.3 is 4.42 Å². The van der Waals surface area contributed by atoms with Crippen LogP contribution in [0, 0.1) is 0 Å². The van der Waals surface area contributed by atoms with Crippen molar-refractivity contribution in [1.82, 2.24) is 0 Å².